The van der Waals surface area contributed by atoms with Gasteiger partial charge >= 0.3 is 0 Å². The summed E-state index contributed by atoms with van der Waals surface area (Å²) < 4.78 is 0. The molecule has 1 N–H and O–H groups in total. The number of aromatic nitrogens is 3. The summed E-state index contributed by atoms with van der Waals surface area (Å²) in [4.78, 5) is 5.64. The molecule has 0 saturated heterocycles. The minimum absolute atomic E-state index is 0.662. The smallest absolute Gasteiger partial charge is 0.205 e. The molecule has 16 heavy (non-hydrogen) atoms. The van der Waals surface area contributed by atoms with Crippen LogP contribution >= 0.6 is 22.7 Å². The highest BCUT2D eigenvalue weighted by atomic mass is 32.1. The Morgan fingerprint density at radius 1 is 1.44 bits per heavy atom. The lowest BCUT2D eigenvalue weighted by molar-refractivity contribution is 0.644. The minimum Gasteiger partial charge on any atom is -0.355 e. The molecule has 2 heterocycles. The van der Waals surface area contributed by atoms with Crippen molar-refractivity contribution < 1.29 is 0 Å². The topological polar surface area (TPSA) is 50.7 Å². The van der Waals surface area contributed by atoms with E-state index in [-0.39, 0.29) is 0 Å². The van der Waals surface area contributed by atoms with Crippen LogP contribution in [0.25, 0.3) is 0 Å². The van der Waals surface area contributed by atoms with E-state index in [1.54, 1.807) is 16.8 Å². The van der Waals surface area contributed by atoms with Crippen molar-refractivity contribution in [3.05, 3.63) is 21.6 Å². The summed E-state index contributed by atoms with van der Waals surface area (Å²) >= 11 is 3.28. The number of anilines is 1. The van der Waals surface area contributed by atoms with Crippen LogP contribution in [0, 0.1) is 5.92 Å². The Kier molecular flexibility index (Phi) is 3.84. The Labute approximate surface area is 103 Å². The Bertz CT molecular complexity index is 422. The third-order valence-electron chi connectivity index (χ3n) is 1.96. The van der Waals surface area contributed by atoms with Crippen molar-refractivity contribution >= 4 is 27.8 Å². The number of nitrogens with zero attached hydrogens (tertiary/aromatic N) is 3. The molecule has 2 aromatic heterocycles. The van der Waals surface area contributed by atoms with Gasteiger partial charge in [-0.15, -0.1) is 21.5 Å². The van der Waals surface area contributed by atoms with Crippen molar-refractivity contribution in [3.8, 4) is 0 Å². The highest BCUT2D eigenvalue weighted by Crippen LogP contribution is 2.18. The molecule has 0 aliphatic heterocycles. The van der Waals surface area contributed by atoms with Crippen LogP contribution in [0.4, 0.5) is 5.13 Å². The first kappa shape index (κ1) is 11.5. The molecule has 0 bridgehead atoms. The molecule has 6 heteroatoms. The van der Waals surface area contributed by atoms with E-state index in [2.05, 4.69) is 34.3 Å². The molecule has 0 aliphatic rings. The highest BCUT2D eigenvalue weighted by molar-refractivity contribution is 7.13. The van der Waals surface area contributed by atoms with Gasteiger partial charge in [0.25, 0.3) is 0 Å². The predicted molar refractivity (Wildman–Crippen MR) is 67.9 cm³/mol. The number of hydrogen-bond donors (Lipinski definition) is 1. The summed E-state index contributed by atoms with van der Waals surface area (Å²) in [6.07, 6.45) is 3.00. The first-order valence-corrected chi connectivity index (χ1v) is 6.87. The molecule has 0 radical (unpaired) electrons. The van der Waals surface area contributed by atoms with Gasteiger partial charge in [-0.25, -0.2) is 4.98 Å². The van der Waals surface area contributed by atoms with Gasteiger partial charge in [0.05, 0.1) is 11.6 Å². The summed E-state index contributed by atoms with van der Waals surface area (Å²) in [5, 5.41) is 13.0. The second-order valence-electron chi connectivity index (χ2n) is 3.92. The van der Waals surface area contributed by atoms with Crippen molar-refractivity contribution in [1.29, 1.82) is 0 Å². The summed E-state index contributed by atoms with van der Waals surface area (Å²) in [6.45, 7) is 5.20. The molecule has 0 spiro atoms. The zero-order valence-corrected chi connectivity index (χ0v) is 10.9. The predicted octanol–water partition coefficient (Wildman–Crippen LogP) is 2.81. The maximum atomic E-state index is 4.40. The van der Waals surface area contributed by atoms with E-state index in [0.29, 0.717) is 5.92 Å². The Balaban J connectivity index is 1.88. The van der Waals surface area contributed by atoms with Crippen molar-refractivity contribution in [2.45, 2.75) is 26.8 Å². The zero-order chi connectivity index (χ0) is 11.4. The molecule has 2 rings (SSSR count). The van der Waals surface area contributed by atoms with E-state index in [4.69, 9.17) is 0 Å². The summed E-state index contributed by atoms with van der Waals surface area (Å²) in [5.41, 5.74) is 1.72. The van der Waals surface area contributed by atoms with Gasteiger partial charge in [-0.05, 0) is 5.92 Å². The van der Waals surface area contributed by atoms with Crippen LogP contribution in [0.3, 0.4) is 0 Å². The quantitative estimate of drug-likeness (QED) is 0.891. The van der Waals surface area contributed by atoms with Crippen LogP contribution in [0.15, 0.2) is 11.7 Å². The van der Waals surface area contributed by atoms with E-state index in [1.165, 1.54) is 21.2 Å². The summed E-state index contributed by atoms with van der Waals surface area (Å²) in [7, 11) is 0. The standard InChI is InChI=1S/C10H14N4S2/c1-7(2)3-9-11-4-8(16-9)5-12-10-14-13-6-15-10/h4,6-7H,3,5H2,1-2H3,(H,12,14). The minimum atomic E-state index is 0.662. The van der Waals surface area contributed by atoms with Gasteiger partial charge in [-0.1, -0.05) is 25.2 Å². The van der Waals surface area contributed by atoms with Crippen molar-refractivity contribution in [2.75, 3.05) is 5.32 Å². The molecular formula is C10H14N4S2. The number of nitrogens with one attached hydrogen (secondary N) is 1. The van der Waals surface area contributed by atoms with Crippen LogP contribution in [-0.4, -0.2) is 15.2 Å². The average Bonchev–Trinajstić information content (AvgIpc) is 2.84. The molecule has 0 atom stereocenters. The first-order valence-electron chi connectivity index (χ1n) is 5.17. The average molecular weight is 254 g/mol. The van der Waals surface area contributed by atoms with Crippen LogP contribution in [0.2, 0.25) is 0 Å². The zero-order valence-electron chi connectivity index (χ0n) is 9.30. The molecule has 0 unspecified atom stereocenters. The monoisotopic (exact) mass is 254 g/mol. The molecule has 2 aromatic rings. The van der Waals surface area contributed by atoms with Crippen LogP contribution in [-0.2, 0) is 13.0 Å². The molecule has 0 amide bonds. The maximum Gasteiger partial charge on any atom is 0.205 e. The Morgan fingerprint density at radius 2 is 2.31 bits per heavy atom. The lowest BCUT2D eigenvalue weighted by atomic mass is 10.1. The lowest BCUT2D eigenvalue weighted by Crippen LogP contribution is -1.96. The van der Waals surface area contributed by atoms with Gasteiger partial charge in [0.1, 0.15) is 5.51 Å². The first-order chi connectivity index (χ1) is 7.74. The van der Waals surface area contributed by atoms with Gasteiger partial charge in [0, 0.05) is 17.5 Å². The fraction of sp³-hybridized carbons (Fsp3) is 0.500. The molecule has 0 fully saturated rings. The third kappa shape index (κ3) is 3.24. The lowest BCUT2D eigenvalue weighted by Gasteiger charge is -1.99. The van der Waals surface area contributed by atoms with Crippen molar-refractivity contribution in [1.82, 2.24) is 15.2 Å². The van der Waals surface area contributed by atoms with Crippen LogP contribution in [0.5, 0.6) is 0 Å². The third-order valence-corrected chi connectivity index (χ3v) is 3.63. The number of hydrogen-bond acceptors (Lipinski definition) is 6. The van der Waals surface area contributed by atoms with Gasteiger partial charge < -0.3 is 5.32 Å². The molecule has 86 valence electrons. The van der Waals surface area contributed by atoms with Gasteiger partial charge in [0.15, 0.2) is 0 Å². The summed E-state index contributed by atoms with van der Waals surface area (Å²) in [5.74, 6) is 0.662. The van der Waals surface area contributed by atoms with Crippen LogP contribution < -0.4 is 5.32 Å². The molecular weight excluding hydrogens is 240 g/mol. The largest absolute Gasteiger partial charge is 0.355 e. The maximum absolute atomic E-state index is 4.40. The van der Waals surface area contributed by atoms with Gasteiger partial charge in [-0.2, -0.15) is 0 Å². The second-order valence-corrected chi connectivity index (χ2v) is 5.95. The fourth-order valence-electron chi connectivity index (χ4n) is 1.29. The SMILES string of the molecule is CC(C)Cc1ncc(CNc2nncs2)s1. The van der Waals surface area contributed by atoms with Gasteiger partial charge in [-0.3, -0.25) is 0 Å². The molecule has 0 saturated carbocycles. The fourth-order valence-corrected chi connectivity index (χ4v) is 2.80. The van der Waals surface area contributed by atoms with Crippen LogP contribution in [0.1, 0.15) is 23.7 Å². The highest BCUT2D eigenvalue weighted by Gasteiger charge is 2.04. The Morgan fingerprint density at radius 3 is 3.00 bits per heavy atom. The Hall–Kier alpha value is -1.01. The van der Waals surface area contributed by atoms with Crippen molar-refractivity contribution in [2.24, 2.45) is 5.92 Å². The summed E-state index contributed by atoms with van der Waals surface area (Å²) in [6, 6.07) is 0. The second kappa shape index (κ2) is 5.36. The van der Waals surface area contributed by atoms with E-state index >= 15 is 0 Å². The number of thiazole rings is 1. The van der Waals surface area contributed by atoms with E-state index in [0.717, 1.165) is 18.1 Å². The number of rotatable bonds is 5. The van der Waals surface area contributed by atoms with Gasteiger partial charge in [0.2, 0.25) is 5.13 Å². The molecule has 4 nitrogen and oxygen atoms in total. The van der Waals surface area contributed by atoms with E-state index in [1.807, 2.05) is 6.20 Å². The normalized spacial score (nSPS) is 10.9. The molecule has 0 aliphatic carbocycles. The molecule has 0 aromatic carbocycles. The van der Waals surface area contributed by atoms with Crippen molar-refractivity contribution in [3.63, 3.8) is 0 Å². The van der Waals surface area contributed by atoms with E-state index in [9.17, 15) is 0 Å². The van der Waals surface area contributed by atoms with E-state index < -0.39 is 0 Å².